The van der Waals surface area contributed by atoms with Crippen molar-refractivity contribution >= 4 is 11.8 Å². The number of nitrogens with zero attached hydrogens (tertiary/aromatic N) is 2. The topological polar surface area (TPSA) is 59.1 Å². The summed E-state index contributed by atoms with van der Waals surface area (Å²) >= 11 is 0. The molecule has 0 saturated carbocycles. The number of benzene rings is 1. The first-order valence-electron chi connectivity index (χ1n) is 8.45. The van der Waals surface area contributed by atoms with E-state index in [4.69, 9.17) is 9.47 Å². The third-order valence-electron chi connectivity index (χ3n) is 5.09. The molecule has 0 atom stereocenters. The third kappa shape index (κ3) is 3.61. The molecule has 6 nitrogen and oxygen atoms in total. The Morgan fingerprint density at radius 3 is 2.68 bits per heavy atom. The number of amides is 2. The van der Waals surface area contributed by atoms with Crippen molar-refractivity contribution in [2.75, 3.05) is 40.4 Å². The number of ether oxygens (including phenoxy) is 2. The molecule has 0 unspecified atom stereocenters. The van der Waals surface area contributed by atoms with E-state index in [1.807, 2.05) is 0 Å². The lowest BCUT2D eigenvalue weighted by molar-refractivity contribution is -0.134. The first kappa shape index (κ1) is 17.7. The number of hydrogen-bond donors (Lipinski definition) is 0. The zero-order chi connectivity index (χ0) is 18.0. The molecule has 0 aliphatic carbocycles. The van der Waals surface area contributed by atoms with Crippen LogP contribution in [0.4, 0.5) is 4.39 Å². The Bertz CT molecular complexity index is 671. The molecule has 3 rings (SSSR count). The summed E-state index contributed by atoms with van der Waals surface area (Å²) in [6.07, 6.45) is 1.60. The van der Waals surface area contributed by atoms with Gasteiger partial charge in [0.2, 0.25) is 5.91 Å². The lowest BCUT2D eigenvalue weighted by Crippen LogP contribution is -2.49. The summed E-state index contributed by atoms with van der Waals surface area (Å²) in [7, 11) is 3.15. The molecule has 7 heteroatoms. The Morgan fingerprint density at radius 2 is 2.00 bits per heavy atom. The van der Waals surface area contributed by atoms with E-state index in [2.05, 4.69) is 0 Å². The van der Waals surface area contributed by atoms with Crippen LogP contribution in [0.3, 0.4) is 0 Å². The van der Waals surface area contributed by atoms with Crippen LogP contribution in [0.5, 0.6) is 5.75 Å². The number of hydrogen-bond acceptors (Lipinski definition) is 4. The Balaban J connectivity index is 1.67. The summed E-state index contributed by atoms with van der Waals surface area (Å²) in [5.41, 5.74) is -0.0779. The maximum absolute atomic E-state index is 13.5. The van der Waals surface area contributed by atoms with Gasteiger partial charge >= 0.3 is 0 Å². The van der Waals surface area contributed by atoms with E-state index >= 15 is 0 Å². The largest absolute Gasteiger partial charge is 0.494 e. The van der Waals surface area contributed by atoms with Crippen molar-refractivity contribution in [3.63, 3.8) is 0 Å². The van der Waals surface area contributed by atoms with Crippen LogP contribution in [-0.2, 0) is 9.53 Å². The molecule has 2 heterocycles. The van der Waals surface area contributed by atoms with Crippen molar-refractivity contribution < 1.29 is 23.5 Å². The molecule has 0 bridgehead atoms. The van der Waals surface area contributed by atoms with Gasteiger partial charge in [-0.2, -0.15) is 0 Å². The first-order chi connectivity index (χ1) is 11.9. The van der Waals surface area contributed by atoms with Crippen LogP contribution in [0, 0.1) is 5.82 Å². The van der Waals surface area contributed by atoms with Crippen LogP contribution in [0.2, 0.25) is 0 Å². The third-order valence-corrected chi connectivity index (χ3v) is 5.09. The second-order valence-electron chi connectivity index (χ2n) is 6.67. The zero-order valence-corrected chi connectivity index (χ0v) is 14.6. The van der Waals surface area contributed by atoms with Crippen LogP contribution in [0.15, 0.2) is 18.2 Å². The second-order valence-corrected chi connectivity index (χ2v) is 6.67. The highest BCUT2D eigenvalue weighted by atomic mass is 19.1. The lowest BCUT2D eigenvalue weighted by atomic mass is 9.87. The first-order valence-corrected chi connectivity index (χ1v) is 8.45. The molecule has 0 aromatic heterocycles. The van der Waals surface area contributed by atoms with Gasteiger partial charge in [0.15, 0.2) is 11.6 Å². The highest BCUT2D eigenvalue weighted by Gasteiger charge is 2.41. The van der Waals surface area contributed by atoms with Crippen molar-refractivity contribution in [3.05, 3.63) is 29.6 Å². The fourth-order valence-corrected chi connectivity index (χ4v) is 3.40. The molecule has 136 valence electrons. The van der Waals surface area contributed by atoms with Crippen molar-refractivity contribution in [1.82, 2.24) is 9.80 Å². The van der Waals surface area contributed by atoms with Crippen LogP contribution >= 0.6 is 0 Å². The van der Waals surface area contributed by atoms with Gasteiger partial charge in [0, 0.05) is 32.2 Å². The SMILES string of the molecule is COc1cc(C(=O)N2CCC3(CC2)CC(=O)N(C)CCO3)ccc1F. The lowest BCUT2D eigenvalue weighted by Gasteiger charge is -2.40. The van der Waals surface area contributed by atoms with Gasteiger partial charge in [-0.3, -0.25) is 9.59 Å². The van der Waals surface area contributed by atoms with Gasteiger partial charge in [0.05, 0.1) is 25.7 Å². The Kier molecular flexibility index (Phi) is 4.94. The number of methoxy groups -OCH3 is 1. The van der Waals surface area contributed by atoms with Crippen LogP contribution < -0.4 is 4.74 Å². The quantitative estimate of drug-likeness (QED) is 0.814. The molecule has 1 aromatic carbocycles. The number of likely N-dealkylation sites (N-methyl/N-ethyl adjacent to an activating group) is 1. The summed E-state index contributed by atoms with van der Waals surface area (Å²) in [5.74, 6) is -0.517. The predicted octanol–water partition coefficient (Wildman–Crippen LogP) is 1.69. The summed E-state index contributed by atoms with van der Waals surface area (Å²) in [6.45, 7) is 2.13. The molecule has 1 aromatic rings. The van der Waals surface area contributed by atoms with Gasteiger partial charge in [0.1, 0.15) is 0 Å². The standard InChI is InChI=1S/C18H23FN2O4/c1-20-9-10-25-18(12-16(20)22)5-7-21(8-6-18)17(23)13-3-4-14(19)15(11-13)24-2/h3-4,11H,5-10,12H2,1-2H3. The van der Waals surface area contributed by atoms with E-state index in [-0.39, 0.29) is 17.6 Å². The maximum atomic E-state index is 13.5. The summed E-state index contributed by atoms with van der Waals surface area (Å²) in [4.78, 5) is 28.2. The maximum Gasteiger partial charge on any atom is 0.253 e. The van der Waals surface area contributed by atoms with Crippen molar-refractivity contribution in [1.29, 1.82) is 0 Å². The van der Waals surface area contributed by atoms with E-state index in [1.54, 1.807) is 16.8 Å². The molecule has 0 radical (unpaired) electrons. The fourth-order valence-electron chi connectivity index (χ4n) is 3.40. The van der Waals surface area contributed by atoms with Gasteiger partial charge in [-0.05, 0) is 31.0 Å². The second kappa shape index (κ2) is 7.00. The molecule has 1 spiro atoms. The predicted molar refractivity (Wildman–Crippen MR) is 89.0 cm³/mol. The molecular weight excluding hydrogens is 327 g/mol. The van der Waals surface area contributed by atoms with E-state index in [0.29, 0.717) is 51.1 Å². The fraction of sp³-hybridized carbons (Fsp3) is 0.556. The molecule has 2 aliphatic rings. The average molecular weight is 350 g/mol. The highest BCUT2D eigenvalue weighted by molar-refractivity contribution is 5.94. The highest BCUT2D eigenvalue weighted by Crippen LogP contribution is 2.32. The molecule has 2 aliphatic heterocycles. The monoisotopic (exact) mass is 350 g/mol. The number of rotatable bonds is 2. The van der Waals surface area contributed by atoms with Gasteiger partial charge in [-0.15, -0.1) is 0 Å². The van der Waals surface area contributed by atoms with Crippen molar-refractivity contribution in [2.24, 2.45) is 0 Å². The van der Waals surface area contributed by atoms with Crippen molar-refractivity contribution in [2.45, 2.75) is 24.9 Å². The zero-order valence-electron chi connectivity index (χ0n) is 14.6. The van der Waals surface area contributed by atoms with Gasteiger partial charge in [-0.25, -0.2) is 4.39 Å². The number of piperidine rings is 1. The molecule has 2 saturated heterocycles. The number of carbonyl (C=O) groups is 2. The van der Waals surface area contributed by atoms with Crippen LogP contribution in [-0.4, -0.2) is 67.6 Å². The average Bonchev–Trinajstić information content (AvgIpc) is 2.74. The van der Waals surface area contributed by atoms with Crippen LogP contribution in [0.25, 0.3) is 0 Å². The summed E-state index contributed by atoms with van der Waals surface area (Å²) in [6, 6.07) is 4.12. The normalized spacial score (nSPS) is 20.5. The van der Waals surface area contributed by atoms with E-state index < -0.39 is 11.4 Å². The minimum atomic E-state index is -0.494. The minimum absolute atomic E-state index is 0.0556. The molecule has 25 heavy (non-hydrogen) atoms. The Hall–Kier alpha value is -2.15. The van der Waals surface area contributed by atoms with Crippen molar-refractivity contribution in [3.8, 4) is 5.75 Å². The van der Waals surface area contributed by atoms with Gasteiger partial charge < -0.3 is 19.3 Å². The number of halogens is 1. The van der Waals surface area contributed by atoms with E-state index in [9.17, 15) is 14.0 Å². The molecular formula is C18H23FN2O4. The van der Waals surface area contributed by atoms with Crippen LogP contribution in [0.1, 0.15) is 29.6 Å². The Morgan fingerprint density at radius 1 is 1.28 bits per heavy atom. The van der Waals surface area contributed by atoms with Gasteiger partial charge in [0.25, 0.3) is 5.91 Å². The van der Waals surface area contributed by atoms with Gasteiger partial charge in [-0.1, -0.05) is 0 Å². The molecule has 2 amide bonds. The van der Waals surface area contributed by atoms with E-state index in [1.165, 1.54) is 25.3 Å². The number of carbonyl (C=O) groups excluding carboxylic acids is 2. The summed E-state index contributed by atoms with van der Waals surface area (Å²) in [5, 5.41) is 0. The number of likely N-dealkylation sites (tertiary alicyclic amines) is 1. The molecule has 0 N–H and O–H groups in total. The smallest absolute Gasteiger partial charge is 0.253 e. The minimum Gasteiger partial charge on any atom is -0.494 e. The Labute approximate surface area is 146 Å². The molecule has 2 fully saturated rings. The van der Waals surface area contributed by atoms with E-state index in [0.717, 1.165) is 0 Å². The summed E-state index contributed by atoms with van der Waals surface area (Å²) < 4.78 is 24.4.